The second-order valence-electron chi connectivity index (χ2n) is 4.60. The summed E-state index contributed by atoms with van der Waals surface area (Å²) in [5.74, 6) is 0. The van der Waals surface area contributed by atoms with E-state index in [9.17, 15) is 0 Å². The first kappa shape index (κ1) is 10.5. The Kier molecular flexibility index (Phi) is 2.69. The van der Waals surface area contributed by atoms with Crippen molar-refractivity contribution in [1.29, 1.82) is 0 Å². The lowest BCUT2D eigenvalue weighted by Gasteiger charge is -2.05. The van der Waals surface area contributed by atoms with E-state index in [2.05, 4.69) is 33.5 Å². The molecule has 2 N–H and O–H groups in total. The fourth-order valence-electron chi connectivity index (χ4n) is 2.60. The Balaban J connectivity index is 2.00. The van der Waals surface area contributed by atoms with E-state index in [1.807, 2.05) is 7.05 Å². The SMILES string of the molecule is CNCc1[nH]cnc1-c1ccc2c(c1)CCC2. The summed E-state index contributed by atoms with van der Waals surface area (Å²) in [6, 6.07) is 6.76. The molecule has 1 aliphatic rings. The standard InChI is InChI=1S/C14H17N3/c1-15-8-13-14(17-9-16-13)12-6-5-10-3-2-4-11(10)7-12/h5-7,9,15H,2-4,8H2,1H3,(H,16,17). The maximum atomic E-state index is 4.43. The Bertz CT molecular complexity index is 528. The summed E-state index contributed by atoms with van der Waals surface area (Å²) in [6.45, 7) is 0.826. The number of aromatic nitrogens is 2. The van der Waals surface area contributed by atoms with Gasteiger partial charge in [-0.15, -0.1) is 0 Å². The number of fused-ring (bicyclic) bond motifs is 1. The van der Waals surface area contributed by atoms with Crippen LogP contribution in [0.25, 0.3) is 11.3 Å². The molecule has 17 heavy (non-hydrogen) atoms. The zero-order chi connectivity index (χ0) is 11.7. The van der Waals surface area contributed by atoms with Crippen molar-refractivity contribution in [1.82, 2.24) is 15.3 Å². The Morgan fingerprint density at radius 2 is 2.18 bits per heavy atom. The van der Waals surface area contributed by atoms with Crippen LogP contribution in [0.2, 0.25) is 0 Å². The van der Waals surface area contributed by atoms with Crippen LogP contribution in [-0.2, 0) is 19.4 Å². The number of nitrogens with zero attached hydrogens (tertiary/aromatic N) is 1. The third kappa shape index (κ3) is 1.87. The molecule has 0 unspecified atom stereocenters. The average Bonchev–Trinajstić information content (AvgIpc) is 2.96. The molecule has 0 aliphatic heterocycles. The van der Waals surface area contributed by atoms with Crippen molar-refractivity contribution in [3.63, 3.8) is 0 Å². The Hall–Kier alpha value is -1.61. The molecule has 88 valence electrons. The first-order valence-electron chi connectivity index (χ1n) is 6.17. The van der Waals surface area contributed by atoms with Crippen LogP contribution < -0.4 is 5.32 Å². The zero-order valence-corrected chi connectivity index (χ0v) is 10.1. The lowest BCUT2D eigenvalue weighted by Crippen LogP contribution is -2.06. The summed E-state index contributed by atoms with van der Waals surface area (Å²) in [5.41, 5.74) is 6.48. The Morgan fingerprint density at radius 1 is 1.29 bits per heavy atom. The van der Waals surface area contributed by atoms with E-state index in [1.165, 1.54) is 36.0 Å². The number of nitrogens with one attached hydrogen (secondary N) is 2. The maximum absolute atomic E-state index is 4.43. The molecule has 3 rings (SSSR count). The molecule has 0 saturated heterocycles. The number of aromatic amines is 1. The number of aryl methyl sites for hydroxylation is 2. The largest absolute Gasteiger partial charge is 0.347 e. The summed E-state index contributed by atoms with van der Waals surface area (Å²) in [6.07, 6.45) is 5.52. The van der Waals surface area contributed by atoms with E-state index < -0.39 is 0 Å². The zero-order valence-electron chi connectivity index (χ0n) is 10.1. The minimum absolute atomic E-state index is 0.826. The maximum Gasteiger partial charge on any atom is 0.0929 e. The Labute approximate surface area is 101 Å². The highest BCUT2D eigenvalue weighted by atomic mass is 14.9. The normalized spacial score (nSPS) is 13.9. The van der Waals surface area contributed by atoms with Crippen LogP contribution in [0.5, 0.6) is 0 Å². The monoisotopic (exact) mass is 227 g/mol. The van der Waals surface area contributed by atoms with Crippen molar-refractivity contribution >= 4 is 0 Å². The minimum Gasteiger partial charge on any atom is -0.347 e. The summed E-state index contributed by atoms with van der Waals surface area (Å²) >= 11 is 0. The lowest BCUT2D eigenvalue weighted by molar-refractivity contribution is 0.798. The smallest absolute Gasteiger partial charge is 0.0929 e. The summed E-state index contributed by atoms with van der Waals surface area (Å²) < 4.78 is 0. The molecule has 0 saturated carbocycles. The molecule has 1 aromatic carbocycles. The molecule has 0 fully saturated rings. The second kappa shape index (κ2) is 4.34. The van der Waals surface area contributed by atoms with Gasteiger partial charge in [0.1, 0.15) is 0 Å². The van der Waals surface area contributed by atoms with Gasteiger partial charge in [0.25, 0.3) is 0 Å². The van der Waals surface area contributed by atoms with Gasteiger partial charge in [-0.25, -0.2) is 4.98 Å². The number of H-pyrrole nitrogens is 1. The molecule has 3 heteroatoms. The summed E-state index contributed by atoms with van der Waals surface area (Å²) in [7, 11) is 1.95. The van der Waals surface area contributed by atoms with Gasteiger partial charge in [-0.2, -0.15) is 0 Å². The molecule has 1 aliphatic carbocycles. The van der Waals surface area contributed by atoms with Gasteiger partial charge in [0.2, 0.25) is 0 Å². The van der Waals surface area contributed by atoms with Crippen molar-refractivity contribution in [2.24, 2.45) is 0 Å². The first-order chi connectivity index (χ1) is 8.38. The highest BCUT2D eigenvalue weighted by molar-refractivity contribution is 5.63. The van der Waals surface area contributed by atoms with E-state index in [0.717, 1.165) is 17.9 Å². The molecule has 0 radical (unpaired) electrons. The van der Waals surface area contributed by atoms with Crippen LogP contribution in [0.15, 0.2) is 24.5 Å². The van der Waals surface area contributed by atoms with Crippen LogP contribution in [0.1, 0.15) is 23.2 Å². The molecular formula is C14H17N3. The van der Waals surface area contributed by atoms with E-state index in [4.69, 9.17) is 0 Å². The average molecular weight is 227 g/mol. The van der Waals surface area contributed by atoms with Crippen LogP contribution in [0, 0.1) is 0 Å². The van der Waals surface area contributed by atoms with E-state index in [1.54, 1.807) is 6.33 Å². The quantitative estimate of drug-likeness (QED) is 0.844. The van der Waals surface area contributed by atoms with Crippen molar-refractivity contribution in [2.75, 3.05) is 7.05 Å². The Morgan fingerprint density at radius 3 is 3.06 bits per heavy atom. The van der Waals surface area contributed by atoms with Gasteiger partial charge >= 0.3 is 0 Å². The molecule has 0 spiro atoms. The molecule has 3 nitrogen and oxygen atoms in total. The van der Waals surface area contributed by atoms with Crippen molar-refractivity contribution in [3.05, 3.63) is 41.3 Å². The number of hydrogen-bond acceptors (Lipinski definition) is 2. The number of hydrogen-bond donors (Lipinski definition) is 2. The second-order valence-corrected chi connectivity index (χ2v) is 4.60. The molecule has 0 atom stereocenters. The fraction of sp³-hybridized carbons (Fsp3) is 0.357. The summed E-state index contributed by atoms with van der Waals surface area (Å²) in [4.78, 5) is 7.63. The van der Waals surface area contributed by atoms with E-state index in [0.29, 0.717) is 0 Å². The van der Waals surface area contributed by atoms with Gasteiger partial charge in [0.15, 0.2) is 0 Å². The molecule has 1 heterocycles. The van der Waals surface area contributed by atoms with Gasteiger partial charge in [0.05, 0.1) is 17.7 Å². The highest BCUT2D eigenvalue weighted by Crippen LogP contribution is 2.28. The van der Waals surface area contributed by atoms with Crippen molar-refractivity contribution in [2.45, 2.75) is 25.8 Å². The van der Waals surface area contributed by atoms with Crippen LogP contribution in [0.4, 0.5) is 0 Å². The lowest BCUT2D eigenvalue weighted by atomic mass is 10.0. The van der Waals surface area contributed by atoms with E-state index in [-0.39, 0.29) is 0 Å². The topological polar surface area (TPSA) is 40.7 Å². The molecule has 0 bridgehead atoms. The third-order valence-corrected chi connectivity index (χ3v) is 3.44. The molecular weight excluding hydrogens is 210 g/mol. The molecule has 0 amide bonds. The van der Waals surface area contributed by atoms with Crippen LogP contribution in [0.3, 0.4) is 0 Å². The van der Waals surface area contributed by atoms with Gasteiger partial charge in [-0.05, 0) is 43.5 Å². The van der Waals surface area contributed by atoms with Gasteiger partial charge < -0.3 is 10.3 Å². The predicted molar refractivity (Wildman–Crippen MR) is 68.8 cm³/mol. The predicted octanol–water partition coefficient (Wildman–Crippen LogP) is 2.28. The number of rotatable bonds is 3. The van der Waals surface area contributed by atoms with Crippen LogP contribution in [-0.4, -0.2) is 17.0 Å². The molecule has 2 aromatic rings. The summed E-state index contributed by atoms with van der Waals surface area (Å²) in [5, 5.41) is 3.16. The van der Waals surface area contributed by atoms with Gasteiger partial charge in [0, 0.05) is 12.1 Å². The van der Waals surface area contributed by atoms with Gasteiger partial charge in [-0.1, -0.05) is 12.1 Å². The van der Waals surface area contributed by atoms with E-state index >= 15 is 0 Å². The first-order valence-corrected chi connectivity index (χ1v) is 6.17. The van der Waals surface area contributed by atoms with Crippen LogP contribution >= 0.6 is 0 Å². The highest BCUT2D eigenvalue weighted by Gasteiger charge is 2.13. The van der Waals surface area contributed by atoms with Crippen molar-refractivity contribution in [3.8, 4) is 11.3 Å². The van der Waals surface area contributed by atoms with Gasteiger partial charge in [-0.3, -0.25) is 0 Å². The number of benzene rings is 1. The number of imidazole rings is 1. The molecule has 1 aromatic heterocycles. The minimum atomic E-state index is 0.826. The third-order valence-electron chi connectivity index (χ3n) is 3.44. The van der Waals surface area contributed by atoms with Crippen molar-refractivity contribution < 1.29 is 0 Å². The fourth-order valence-corrected chi connectivity index (χ4v) is 2.60.